The van der Waals surface area contributed by atoms with Crippen LogP contribution in [0.3, 0.4) is 0 Å². The number of hydrogen-bond acceptors (Lipinski definition) is 2. The first-order chi connectivity index (χ1) is 5.74. The molecule has 1 aromatic heterocycles. The average molecular weight is 177 g/mol. The van der Waals surface area contributed by atoms with Gasteiger partial charge >= 0.3 is 0 Å². The van der Waals surface area contributed by atoms with E-state index in [1.807, 2.05) is 0 Å². The molecule has 0 N–H and O–H groups in total. The highest BCUT2D eigenvalue weighted by molar-refractivity contribution is 5.18. The van der Waals surface area contributed by atoms with Crippen LogP contribution in [0.15, 0.2) is 12.3 Å². The topological polar surface area (TPSA) is 22.1 Å². The predicted molar refractivity (Wildman–Crippen MR) is 35.6 cm³/mol. The van der Waals surface area contributed by atoms with Crippen LogP contribution < -0.4 is 4.74 Å². The minimum Gasteiger partial charge on any atom is -0.486 e. The van der Waals surface area contributed by atoms with Crippen molar-refractivity contribution in [2.75, 3.05) is 13.3 Å². The Hall–Kier alpha value is -1.26. The summed E-state index contributed by atoms with van der Waals surface area (Å²) in [6, 6.07) is 0.817. The van der Waals surface area contributed by atoms with Crippen molar-refractivity contribution in [3.63, 3.8) is 0 Å². The molecule has 0 spiro atoms. The van der Waals surface area contributed by atoms with Crippen LogP contribution in [-0.2, 0) is 0 Å². The highest BCUT2D eigenvalue weighted by Crippen LogP contribution is 2.14. The molecule has 0 radical (unpaired) electrons. The van der Waals surface area contributed by atoms with Crippen LogP contribution in [0.5, 0.6) is 5.75 Å². The first-order valence-electron chi connectivity index (χ1n) is 3.24. The van der Waals surface area contributed by atoms with Gasteiger partial charge in [-0.05, 0) is 0 Å². The Morgan fingerprint density at radius 1 is 1.42 bits per heavy atom. The van der Waals surface area contributed by atoms with Gasteiger partial charge in [0.1, 0.15) is 19.1 Å². The molecule has 1 heterocycles. The van der Waals surface area contributed by atoms with Crippen molar-refractivity contribution in [2.24, 2.45) is 0 Å². The number of aromatic nitrogens is 1. The minimum absolute atomic E-state index is 0.304. The van der Waals surface area contributed by atoms with Crippen LogP contribution in [-0.4, -0.2) is 18.3 Å². The van der Waals surface area contributed by atoms with Gasteiger partial charge in [-0.2, -0.15) is 4.39 Å². The third-order valence-electron chi connectivity index (χ3n) is 1.11. The van der Waals surface area contributed by atoms with Crippen LogP contribution in [0.25, 0.3) is 0 Å². The molecule has 0 fully saturated rings. The predicted octanol–water partition coefficient (Wildman–Crippen LogP) is 1.71. The van der Waals surface area contributed by atoms with Crippen molar-refractivity contribution in [1.29, 1.82) is 0 Å². The number of nitrogens with zero attached hydrogens (tertiary/aromatic N) is 1. The largest absolute Gasteiger partial charge is 0.486 e. The molecule has 0 aromatic carbocycles. The molecule has 1 aromatic rings. The first kappa shape index (κ1) is 8.83. The summed E-state index contributed by atoms with van der Waals surface area (Å²) in [5.41, 5.74) is 0. The van der Waals surface area contributed by atoms with E-state index >= 15 is 0 Å². The lowest BCUT2D eigenvalue weighted by Gasteiger charge is -2.02. The summed E-state index contributed by atoms with van der Waals surface area (Å²) in [6.45, 7) is -1.06. The summed E-state index contributed by atoms with van der Waals surface area (Å²) in [7, 11) is 0. The smallest absolute Gasteiger partial charge is 0.255 e. The van der Waals surface area contributed by atoms with E-state index < -0.39 is 18.4 Å². The van der Waals surface area contributed by atoms with E-state index in [2.05, 4.69) is 9.72 Å². The molecule has 0 aliphatic heterocycles. The van der Waals surface area contributed by atoms with Crippen molar-refractivity contribution < 1.29 is 17.9 Å². The Labute approximate surface area is 67.0 Å². The maximum atomic E-state index is 12.6. The van der Waals surface area contributed by atoms with Crippen LogP contribution in [0, 0.1) is 11.8 Å². The van der Waals surface area contributed by atoms with Gasteiger partial charge in [-0.25, -0.2) is 13.8 Å². The molecule has 0 unspecified atom stereocenters. The van der Waals surface area contributed by atoms with Gasteiger partial charge in [0, 0.05) is 6.07 Å². The Morgan fingerprint density at radius 2 is 2.17 bits per heavy atom. The zero-order valence-electron chi connectivity index (χ0n) is 6.06. The van der Waals surface area contributed by atoms with Crippen molar-refractivity contribution >= 4 is 0 Å². The summed E-state index contributed by atoms with van der Waals surface area (Å²) in [4.78, 5) is 3.04. The van der Waals surface area contributed by atoms with Crippen LogP contribution >= 0.6 is 0 Å². The minimum atomic E-state index is -0.940. The second-order valence-corrected chi connectivity index (χ2v) is 1.98. The fourth-order valence-electron chi connectivity index (χ4n) is 0.654. The molecule has 0 atom stereocenters. The molecule has 0 bridgehead atoms. The van der Waals surface area contributed by atoms with Gasteiger partial charge in [-0.15, -0.1) is 0 Å². The molecule has 0 amide bonds. The Bertz CT molecular complexity index is 267. The highest BCUT2D eigenvalue weighted by Gasteiger charge is 2.05. The maximum absolute atomic E-state index is 12.6. The van der Waals surface area contributed by atoms with E-state index in [0.29, 0.717) is 0 Å². The molecule has 1 rings (SSSR count). The number of pyridine rings is 1. The van der Waals surface area contributed by atoms with E-state index in [1.165, 1.54) is 0 Å². The second-order valence-electron chi connectivity index (χ2n) is 1.98. The monoisotopic (exact) mass is 177 g/mol. The van der Waals surface area contributed by atoms with E-state index in [1.54, 1.807) is 0 Å². The molecule has 5 heteroatoms. The first-order valence-corrected chi connectivity index (χ1v) is 3.24. The van der Waals surface area contributed by atoms with E-state index in [9.17, 15) is 13.2 Å². The normalized spacial score (nSPS) is 9.92. The summed E-state index contributed by atoms with van der Waals surface area (Å²) >= 11 is 0. The molecule has 12 heavy (non-hydrogen) atoms. The van der Waals surface area contributed by atoms with Crippen molar-refractivity contribution in [3.05, 3.63) is 24.0 Å². The molecule has 0 aliphatic rings. The Morgan fingerprint density at radius 3 is 2.83 bits per heavy atom. The lowest BCUT2D eigenvalue weighted by molar-refractivity contribution is 0.258. The van der Waals surface area contributed by atoms with E-state index in [-0.39, 0.29) is 12.4 Å². The summed E-state index contributed by atoms with van der Waals surface area (Å²) < 4.78 is 41.0. The number of alkyl halides is 1. The molecular weight excluding hydrogens is 171 g/mol. The lowest BCUT2D eigenvalue weighted by Crippen LogP contribution is -2.02. The highest BCUT2D eigenvalue weighted by atomic mass is 19.1. The van der Waals surface area contributed by atoms with Gasteiger partial charge in [0.2, 0.25) is 0 Å². The SMILES string of the molecule is FCCOc1cc(F)cnc1F. The molecule has 0 saturated heterocycles. The standard InChI is InChI=1S/C7H6F3NO/c8-1-2-12-6-3-5(9)4-11-7(6)10/h3-4H,1-2H2. The quantitative estimate of drug-likeness (QED) is 0.655. The third kappa shape index (κ3) is 2.11. The van der Waals surface area contributed by atoms with Crippen molar-refractivity contribution in [3.8, 4) is 5.75 Å². The number of hydrogen-bond donors (Lipinski definition) is 0. The zero-order chi connectivity index (χ0) is 8.97. The Balaban J connectivity index is 2.75. The van der Waals surface area contributed by atoms with E-state index in [4.69, 9.17) is 0 Å². The molecule has 2 nitrogen and oxygen atoms in total. The van der Waals surface area contributed by atoms with Gasteiger partial charge in [0.25, 0.3) is 5.95 Å². The summed E-state index contributed by atoms with van der Waals surface area (Å²) in [5, 5.41) is 0. The van der Waals surface area contributed by atoms with Crippen LogP contribution in [0.4, 0.5) is 13.2 Å². The molecule has 0 saturated carbocycles. The van der Waals surface area contributed by atoms with Crippen molar-refractivity contribution in [2.45, 2.75) is 0 Å². The number of ether oxygens (including phenoxy) is 1. The average Bonchev–Trinajstić information content (AvgIpc) is 2.07. The summed E-state index contributed by atoms with van der Waals surface area (Å²) in [5.74, 6) is -2.03. The van der Waals surface area contributed by atoms with Crippen LogP contribution in [0.2, 0.25) is 0 Å². The Kier molecular flexibility index (Phi) is 2.90. The fraction of sp³-hybridized carbons (Fsp3) is 0.286. The van der Waals surface area contributed by atoms with Crippen molar-refractivity contribution in [1.82, 2.24) is 4.98 Å². The van der Waals surface area contributed by atoms with Gasteiger partial charge in [-0.1, -0.05) is 0 Å². The van der Waals surface area contributed by atoms with Gasteiger partial charge in [-0.3, -0.25) is 0 Å². The number of halogens is 3. The van der Waals surface area contributed by atoms with Gasteiger partial charge in [0.15, 0.2) is 5.75 Å². The molecule has 0 aliphatic carbocycles. The third-order valence-corrected chi connectivity index (χ3v) is 1.11. The van der Waals surface area contributed by atoms with Crippen LogP contribution in [0.1, 0.15) is 0 Å². The lowest BCUT2D eigenvalue weighted by atomic mass is 10.4. The molecule has 66 valence electrons. The van der Waals surface area contributed by atoms with Gasteiger partial charge < -0.3 is 4.74 Å². The van der Waals surface area contributed by atoms with Gasteiger partial charge in [0.05, 0.1) is 6.20 Å². The summed E-state index contributed by atoms with van der Waals surface area (Å²) in [6.07, 6.45) is 0.720. The van der Waals surface area contributed by atoms with E-state index in [0.717, 1.165) is 12.3 Å². The second kappa shape index (κ2) is 3.94. The number of rotatable bonds is 3. The molecular formula is C7H6F3NO. The fourth-order valence-corrected chi connectivity index (χ4v) is 0.654. The maximum Gasteiger partial charge on any atom is 0.255 e. The zero-order valence-corrected chi connectivity index (χ0v) is 6.06.